The number of hydrogen-bond donors (Lipinski definition) is 5. The molecule has 126 valence electrons. The molecule has 0 bridgehead atoms. The predicted octanol–water partition coefficient (Wildman–Crippen LogP) is -1.66. The Kier molecular flexibility index (Phi) is 7.99. The van der Waals surface area contributed by atoms with Gasteiger partial charge in [0.05, 0.1) is 6.33 Å². The van der Waals surface area contributed by atoms with E-state index in [0.29, 0.717) is 0 Å². The van der Waals surface area contributed by atoms with Crippen molar-refractivity contribution in [3.8, 4) is 0 Å². The highest BCUT2D eigenvalue weighted by Gasteiger charge is 2.11. The van der Waals surface area contributed by atoms with Crippen LogP contribution in [-0.4, -0.2) is 69.6 Å². The van der Waals surface area contributed by atoms with E-state index in [4.69, 9.17) is 15.9 Å². The molecule has 23 heavy (non-hydrogen) atoms. The number of nitrogens with zero attached hydrogens (tertiary/aromatic N) is 4. The summed E-state index contributed by atoms with van der Waals surface area (Å²) in [6.07, 6.45) is 1.34. The Morgan fingerprint density at radius 1 is 1.35 bits per heavy atom. The van der Waals surface area contributed by atoms with Crippen molar-refractivity contribution in [2.75, 3.05) is 20.6 Å². The van der Waals surface area contributed by atoms with Gasteiger partial charge in [-0.15, -0.1) is 5.11 Å². The van der Waals surface area contributed by atoms with Gasteiger partial charge in [-0.2, -0.15) is 0 Å². The van der Waals surface area contributed by atoms with Gasteiger partial charge in [0.1, 0.15) is 6.54 Å². The van der Waals surface area contributed by atoms with Crippen LogP contribution in [0.1, 0.15) is 10.5 Å². The highest BCUT2D eigenvalue weighted by Crippen LogP contribution is 2.12. The van der Waals surface area contributed by atoms with Crippen molar-refractivity contribution in [1.82, 2.24) is 20.3 Å². The van der Waals surface area contributed by atoms with Gasteiger partial charge in [-0.25, -0.2) is 9.78 Å². The zero-order valence-corrected chi connectivity index (χ0v) is 12.2. The molecular weight excluding hydrogens is 314 g/mol. The van der Waals surface area contributed by atoms with Crippen LogP contribution < -0.4 is 11.1 Å². The second-order valence-electron chi connectivity index (χ2n) is 3.88. The van der Waals surface area contributed by atoms with Crippen LogP contribution in [0.25, 0.3) is 0 Å². The molecule has 6 N–H and O–H groups in total. The summed E-state index contributed by atoms with van der Waals surface area (Å²) in [5.74, 6) is -4.70. The minimum Gasteiger partial charge on any atom is -0.480 e. The Morgan fingerprint density at radius 2 is 1.96 bits per heavy atom. The number of carbonyl (C=O) groups excluding carboxylic acids is 2. The minimum absolute atomic E-state index is 0.158. The number of carboxylic acid groups (broad SMARTS) is 2. The lowest BCUT2D eigenvalue weighted by Crippen LogP contribution is -2.34. The van der Waals surface area contributed by atoms with E-state index >= 15 is 0 Å². The Labute approximate surface area is 129 Å². The monoisotopic (exact) mass is 329 g/mol. The van der Waals surface area contributed by atoms with E-state index in [2.05, 4.69) is 20.3 Å². The molecule has 0 radical (unpaired) electrons. The van der Waals surface area contributed by atoms with E-state index in [1.807, 2.05) is 0 Å². The zero-order chi connectivity index (χ0) is 18.0. The van der Waals surface area contributed by atoms with Gasteiger partial charge >= 0.3 is 17.8 Å². The lowest BCUT2D eigenvalue weighted by Gasteiger charge is -1.98. The number of hydrogen-bond acceptors (Lipinski definition) is 7. The number of primary amides is 1. The van der Waals surface area contributed by atoms with E-state index in [0.717, 1.165) is 0 Å². The Hall–Kier alpha value is -3.51. The van der Waals surface area contributed by atoms with Crippen molar-refractivity contribution in [2.45, 2.75) is 0 Å². The number of nitrogens with one attached hydrogen (secondary N) is 2. The lowest BCUT2D eigenvalue weighted by molar-refractivity contribution is -0.150. The predicted molar refractivity (Wildman–Crippen MR) is 73.6 cm³/mol. The maximum absolute atomic E-state index is 10.8. The summed E-state index contributed by atoms with van der Waals surface area (Å²) in [5, 5.41) is 26.3. The van der Waals surface area contributed by atoms with E-state index in [9.17, 15) is 19.2 Å². The molecule has 0 fully saturated rings. The molecule has 1 rings (SSSR count). The van der Waals surface area contributed by atoms with Gasteiger partial charge in [0.25, 0.3) is 5.91 Å². The first-order valence-corrected chi connectivity index (χ1v) is 5.80. The molecule has 13 heteroatoms. The maximum atomic E-state index is 10.8. The number of carboxylic acids is 2. The van der Waals surface area contributed by atoms with Crippen LogP contribution in [0.5, 0.6) is 0 Å². The molecule has 0 aromatic carbocycles. The molecule has 0 aliphatic carbocycles. The Balaban J connectivity index is 0.000000438. The first kappa shape index (κ1) is 19.5. The molecule has 0 saturated carbocycles. The summed E-state index contributed by atoms with van der Waals surface area (Å²) in [7, 11) is 3.42. The van der Waals surface area contributed by atoms with Crippen LogP contribution in [0, 0.1) is 0 Å². The quantitative estimate of drug-likeness (QED) is 0.239. The number of H-pyrrole nitrogens is 1. The summed E-state index contributed by atoms with van der Waals surface area (Å²) in [5.41, 5.74) is 5.20. The fourth-order valence-corrected chi connectivity index (χ4v) is 0.908. The number of amides is 2. The third-order valence-electron chi connectivity index (χ3n) is 1.78. The molecule has 13 nitrogen and oxygen atoms in total. The molecule has 0 aliphatic rings. The second-order valence-corrected chi connectivity index (χ2v) is 3.88. The number of aromatic amines is 1. The maximum Gasteiger partial charge on any atom is 0.394 e. The van der Waals surface area contributed by atoms with E-state index in [-0.39, 0.29) is 11.5 Å². The molecule has 2 amide bonds. The summed E-state index contributed by atoms with van der Waals surface area (Å²) in [6.45, 7) is -0.675. The van der Waals surface area contributed by atoms with Gasteiger partial charge in [-0.3, -0.25) is 19.4 Å². The van der Waals surface area contributed by atoms with Gasteiger partial charge in [-0.1, -0.05) is 5.22 Å². The Morgan fingerprint density at radius 3 is 2.39 bits per heavy atom. The van der Waals surface area contributed by atoms with Gasteiger partial charge in [0, 0.05) is 14.1 Å². The molecule has 1 aromatic heterocycles. The van der Waals surface area contributed by atoms with Crippen molar-refractivity contribution in [3.63, 3.8) is 0 Å². The van der Waals surface area contributed by atoms with Gasteiger partial charge < -0.3 is 26.2 Å². The number of nitrogens with two attached hydrogens (primary N) is 1. The molecule has 0 aliphatic heterocycles. The molecule has 1 heterocycles. The standard InChI is InChI=1S/C6H10N6O.C4H5NO5/c1-12(2)11-10-6-4(5(7)13)8-3-9-6;6-2(7)1-5-3(8)4(9)10/h3H,1-2H3,(H2,7,13)(H,8,9);1H2,(H,5,8)(H,6,7)(H,9,10)/b11-10+;. The third kappa shape index (κ3) is 8.38. The molecule has 1 aromatic rings. The third-order valence-corrected chi connectivity index (χ3v) is 1.78. The minimum atomic E-state index is -1.69. The zero-order valence-electron chi connectivity index (χ0n) is 12.2. The van der Waals surface area contributed by atoms with Crippen molar-refractivity contribution in [2.24, 2.45) is 16.1 Å². The molecule has 0 spiro atoms. The topological polar surface area (TPSA) is 203 Å². The van der Waals surface area contributed by atoms with Gasteiger partial charge in [-0.05, 0) is 0 Å². The average Bonchev–Trinajstić information content (AvgIpc) is 2.91. The normalized spacial score (nSPS) is 9.65. The fourth-order valence-electron chi connectivity index (χ4n) is 0.908. The van der Waals surface area contributed by atoms with Crippen molar-refractivity contribution in [3.05, 3.63) is 12.0 Å². The number of aromatic nitrogens is 2. The van der Waals surface area contributed by atoms with Crippen molar-refractivity contribution in [1.29, 1.82) is 0 Å². The lowest BCUT2D eigenvalue weighted by atomic mass is 10.4. The first-order chi connectivity index (χ1) is 10.6. The van der Waals surface area contributed by atoms with Crippen LogP contribution in [0.4, 0.5) is 5.82 Å². The van der Waals surface area contributed by atoms with Crippen molar-refractivity contribution < 1.29 is 29.4 Å². The fraction of sp³-hybridized carbons (Fsp3) is 0.300. The number of carbonyl (C=O) groups is 4. The van der Waals surface area contributed by atoms with Crippen LogP contribution in [0.15, 0.2) is 16.7 Å². The largest absolute Gasteiger partial charge is 0.480 e. The summed E-state index contributed by atoms with van der Waals surface area (Å²) < 4.78 is 0. The van der Waals surface area contributed by atoms with E-state index in [1.165, 1.54) is 11.3 Å². The molecule has 0 saturated heterocycles. The average molecular weight is 329 g/mol. The number of rotatable bonds is 5. The van der Waals surface area contributed by atoms with E-state index in [1.54, 1.807) is 19.4 Å². The molecule has 0 unspecified atom stereocenters. The summed E-state index contributed by atoms with van der Waals surface area (Å²) in [4.78, 5) is 46.6. The highest BCUT2D eigenvalue weighted by atomic mass is 16.4. The van der Waals surface area contributed by atoms with Crippen molar-refractivity contribution >= 4 is 29.6 Å². The molecule has 0 atom stereocenters. The summed E-state index contributed by atoms with van der Waals surface area (Å²) >= 11 is 0. The number of aliphatic carboxylic acids is 2. The summed E-state index contributed by atoms with van der Waals surface area (Å²) in [6, 6.07) is 0. The van der Waals surface area contributed by atoms with E-state index < -0.39 is 30.3 Å². The van der Waals surface area contributed by atoms with Gasteiger partial charge in [0.2, 0.25) is 5.82 Å². The highest BCUT2D eigenvalue weighted by molar-refractivity contribution is 6.31. The SMILES string of the molecule is CN(C)/N=N/c1nc[nH]c1C(N)=O.O=C(O)CNC(=O)C(=O)O. The van der Waals surface area contributed by atoms with Gasteiger partial charge in [0.15, 0.2) is 5.69 Å². The second kappa shape index (κ2) is 9.43. The number of imidazole rings is 1. The molecular formula is C10H15N7O6. The first-order valence-electron chi connectivity index (χ1n) is 5.80. The van der Waals surface area contributed by atoms with Crippen LogP contribution in [0.3, 0.4) is 0 Å². The van der Waals surface area contributed by atoms with Crippen LogP contribution >= 0.6 is 0 Å². The van der Waals surface area contributed by atoms with Crippen LogP contribution in [0.2, 0.25) is 0 Å². The smallest absolute Gasteiger partial charge is 0.394 e. The Bertz CT molecular complexity index is 609. The van der Waals surface area contributed by atoms with Crippen LogP contribution in [-0.2, 0) is 14.4 Å².